The quantitative estimate of drug-likeness (QED) is 0.0371. The van der Waals surface area contributed by atoms with E-state index in [1.165, 1.54) is 34.1 Å². The van der Waals surface area contributed by atoms with Crippen LogP contribution in [0.1, 0.15) is 121 Å². The molecule has 88 heavy (non-hydrogen) atoms. The number of likely N-dealkylation sites (tertiary alicyclic amines) is 1. The van der Waals surface area contributed by atoms with E-state index in [9.17, 15) is 57.8 Å². The van der Waals surface area contributed by atoms with Crippen molar-refractivity contribution in [2.75, 3.05) is 11.4 Å². The number of aryl methyl sites for hydroxylation is 2. The van der Waals surface area contributed by atoms with Gasteiger partial charge in [-0.25, -0.2) is 4.98 Å². The SMILES string of the molecule is Cc1ncsc1-c1ccc(CNC(=O)[C@@H]2C[C@@H](O)CN2C(=O)[C@@H](NC(=O)C2CC(Cc3ccc(CO[C@H](C)[C@H](CCC(N)=O)NC(=O)[C@@H]4Cc5cccc6c5N4C(=O)[C@@H](NC(=O)c4cc5cc(C(=O)P(=O)(O)O)ccc5[nH]4)CC6)cc3)C2)C(C)(C)C)cc1. The summed E-state index contributed by atoms with van der Waals surface area (Å²) >= 11 is 1.56. The number of β-amino-alcohol motifs (C(OH)–C–C–N with tert-alkyl or cyclic N) is 1. The van der Waals surface area contributed by atoms with E-state index in [-0.39, 0.29) is 86.7 Å². The Balaban J connectivity index is 0.707. The maximum absolute atomic E-state index is 14.6. The number of amides is 7. The largest absolute Gasteiger partial charge is 0.396 e. The van der Waals surface area contributed by atoms with Crippen molar-refractivity contribution in [2.24, 2.45) is 23.0 Å². The summed E-state index contributed by atoms with van der Waals surface area (Å²) in [4.78, 5) is 139. The van der Waals surface area contributed by atoms with Crippen molar-refractivity contribution in [1.82, 2.24) is 36.1 Å². The number of aliphatic hydroxyl groups excluding tert-OH is 1. The minimum atomic E-state index is -5.06. The van der Waals surface area contributed by atoms with Crippen molar-refractivity contribution >= 4 is 82.4 Å². The van der Waals surface area contributed by atoms with Gasteiger partial charge in [0.15, 0.2) is 0 Å². The first-order valence-electron chi connectivity index (χ1n) is 29.6. The van der Waals surface area contributed by atoms with Gasteiger partial charge >= 0.3 is 7.60 Å². The molecule has 7 amide bonds. The van der Waals surface area contributed by atoms with Gasteiger partial charge in [-0.05, 0) is 121 Å². The number of rotatable bonds is 22. The Morgan fingerprint density at radius 3 is 2.26 bits per heavy atom. The number of carbonyl (C=O) groups is 8. The highest BCUT2D eigenvalue weighted by molar-refractivity contribution is 7.70. The number of carbonyl (C=O) groups excluding carboxylic acids is 8. The Hall–Kier alpha value is -7.92. The number of thiazole rings is 1. The van der Waals surface area contributed by atoms with Crippen LogP contribution in [0.5, 0.6) is 0 Å². The zero-order valence-electron chi connectivity index (χ0n) is 49.6. The lowest BCUT2D eigenvalue weighted by Gasteiger charge is -2.39. The molecule has 5 heterocycles. The third-order valence-corrected chi connectivity index (χ3v) is 19.1. The Morgan fingerprint density at radius 1 is 0.875 bits per heavy atom. The highest BCUT2D eigenvalue weighted by Gasteiger charge is 2.47. The molecule has 0 unspecified atom stereocenters. The highest BCUT2D eigenvalue weighted by Crippen LogP contribution is 2.42. The number of H-pyrrole nitrogens is 1. The van der Waals surface area contributed by atoms with E-state index in [0.29, 0.717) is 35.9 Å². The summed E-state index contributed by atoms with van der Waals surface area (Å²) in [6, 6.07) is 22.1. The summed E-state index contributed by atoms with van der Waals surface area (Å²) in [5.74, 6) is -3.29. The monoisotopic (exact) mass is 1240 g/mol. The molecule has 2 fully saturated rings. The van der Waals surface area contributed by atoms with Gasteiger partial charge in [-0.2, -0.15) is 0 Å². The van der Waals surface area contributed by atoms with E-state index < -0.39 is 90.5 Å². The van der Waals surface area contributed by atoms with Crippen molar-refractivity contribution < 1.29 is 62.6 Å². The van der Waals surface area contributed by atoms with Crippen molar-refractivity contribution in [3.63, 3.8) is 0 Å². The van der Waals surface area contributed by atoms with Crippen LogP contribution in [-0.4, -0.2) is 126 Å². The highest BCUT2D eigenvalue weighted by atomic mass is 32.1. The number of nitrogens with two attached hydrogens (primary N) is 1. The number of ether oxygens (including phenoxy) is 1. The van der Waals surface area contributed by atoms with Crippen LogP contribution in [0.4, 0.5) is 5.69 Å². The molecule has 4 aromatic carbocycles. The number of hydrogen-bond donors (Lipinski definition) is 9. The Morgan fingerprint density at radius 2 is 1.58 bits per heavy atom. The molecule has 10 N–H and O–H groups in total. The number of fused-ring (bicyclic) bond motifs is 1. The van der Waals surface area contributed by atoms with Gasteiger partial charge in [0, 0.05) is 54.7 Å². The number of aliphatic hydroxyl groups is 1. The smallest absolute Gasteiger partial charge is 0.391 e. The third kappa shape index (κ3) is 14.1. The van der Waals surface area contributed by atoms with Gasteiger partial charge in [0.1, 0.15) is 29.9 Å². The van der Waals surface area contributed by atoms with Gasteiger partial charge in [-0.3, -0.25) is 47.8 Å². The van der Waals surface area contributed by atoms with Gasteiger partial charge in [0.25, 0.3) is 11.4 Å². The molecular formula is C64H74N9O13PS. The first-order chi connectivity index (χ1) is 41.8. The van der Waals surface area contributed by atoms with Crippen molar-refractivity contribution in [3.05, 3.63) is 141 Å². The summed E-state index contributed by atoms with van der Waals surface area (Å²) in [7, 11) is -5.06. The molecule has 0 spiro atoms. The second kappa shape index (κ2) is 26.0. The summed E-state index contributed by atoms with van der Waals surface area (Å²) in [5.41, 5.74) is 12.6. The van der Waals surface area contributed by atoms with Crippen LogP contribution in [0, 0.1) is 24.2 Å². The summed E-state index contributed by atoms with van der Waals surface area (Å²) < 4.78 is 18.0. The number of nitrogens with one attached hydrogen (secondary N) is 5. The predicted octanol–water partition coefficient (Wildman–Crippen LogP) is 5.65. The second-order valence-corrected chi connectivity index (χ2v) is 27.2. The molecule has 22 nitrogen and oxygen atoms in total. The van der Waals surface area contributed by atoms with Crippen molar-refractivity contribution in [1.29, 1.82) is 0 Å². The van der Waals surface area contributed by atoms with E-state index in [1.54, 1.807) is 23.8 Å². The summed E-state index contributed by atoms with van der Waals surface area (Å²) in [6.07, 6.45) is 1.47. The molecule has 6 aromatic rings. The van der Waals surface area contributed by atoms with Crippen LogP contribution >= 0.6 is 18.9 Å². The van der Waals surface area contributed by atoms with Gasteiger partial charge in [0.2, 0.25) is 35.4 Å². The number of para-hydroxylation sites is 1. The molecule has 0 radical (unpaired) electrons. The lowest BCUT2D eigenvalue weighted by Crippen LogP contribution is -2.59. The fraction of sp³-hybridized carbons (Fsp3) is 0.422. The average Bonchev–Trinajstić information content (AvgIpc) is 1.71. The summed E-state index contributed by atoms with van der Waals surface area (Å²) in [6.45, 7) is 9.73. The Kier molecular flexibility index (Phi) is 18.7. The van der Waals surface area contributed by atoms with Crippen LogP contribution < -0.4 is 31.9 Å². The zero-order chi connectivity index (χ0) is 62.9. The van der Waals surface area contributed by atoms with E-state index in [1.807, 2.05) is 94.4 Å². The number of primary amides is 1. The van der Waals surface area contributed by atoms with Crippen molar-refractivity contribution in [2.45, 2.75) is 148 Å². The van der Waals surface area contributed by atoms with Crippen molar-refractivity contribution in [3.8, 4) is 10.4 Å². The molecular weight excluding hydrogens is 1170 g/mol. The van der Waals surface area contributed by atoms with Gasteiger partial charge in [-0.1, -0.05) is 87.5 Å². The molecule has 2 aromatic heterocycles. The number of anilines is 1. The maximum Gasteiger partial charge on any atom is 0.396 e. The topological polar surface area (TPSA) is 333 Å². The third-order valence-electron chi connectivity index (χ3n) is 17.3. The van der Waals surface area contributed by atoms with Crippen LogP contribution in [-0.2, 0) is 70.5 Å². The molecule has 4 aliphatic rings. The number of nitrogens with zero attached hydrogens (tertiary/aromatic N) is 3. The first kappa shape index (κ1) is 63.1. The number of benzene rings is 4. The average molecular weight is 1240 g/mol. The van der Waals surface area contributed by atoms with Gasteiger partial charge in [-0.15, -0.1) is 11.3 Å². The molecule has 464 valence electrons. The van der Waals surface area contributed by atoms with Gasteiger partial charge in [0.05, 0.1) is 46.6 Å². The van der Waals surface area contributed by atoms with E-state index in [0.717, 1.165) is 50.4 Å². The number of hydrogen-bond acceptors (Lipinski definition) is 13. The molecule has 1 aliphatic carbocycles. The standard InChI is InChI=1S/C64H74N9O13PS/c1-34-55(88-33-67-34)41-15-13-37(14-16-41)30-66-59(78)51-29-46(74)31-72(51)62(81)56(64(3,4)5)71-57(76)45-24-39(25-45)23-36-9-11-38(12-10-36)32-86-35(2)47(21-22-53(65)75)69-60(79)52-28-42-8-6-7-40-17-20-49(61(80)73(52)54(40)42)70-58(77)50-27-44-26-43(18-19-48(44)68-50)63(82)87(83,84)85/h6-16,18-19,26-27,33,35,39,45-47,49,51-52,56,68,74H,17,20-25,28-32H2,1-5H3,(H2,65,75)(H,66,78)(H,69,79)(H,70,77)(H,71,76)(H2,83,84,85)/t35-,39?,45?,46-,47+,49+,51+,52+,56-/m1/s1. The van der Waals surface area contributed by atoms with Gasteiger partial charge < -0.3 is 56.5 Å². The lowest BCUT2D eigenvalue weighted by atomic mass is 9.71. The van der Waals surface area contributed by atoms with Crippen LogP contribution in [0.25, 0.3) is 21.3 Å². The molecule has 24 heteroatoms. The summed E-state index contributed by atoms with van der Waals surface area (Å²) in [5, 5.41) is 22.9. The predicted molar refractivity (Wildman–Crippen MR) is 328 cm³/mol. The van der Waals surface area contributed by atoms with Crippen LogP contribution in [0.15, 0.2) is 96.5 Å². The maximum atomic E-state index is 14.6. The van der Waals surface area contributed by atoms with Crippen LogP contribution in [0.3, 0.4) is 0 Å². The van der Waals surface area contributed by atoms with E-state index >= 15 is 0 Å². The van der Waals surface area contributed by atoms with Crippen LogP contribution in [0.2, 0.25) is 0 Å². The van der Waals surface area contributed by atoms with E-state index in [4.69, 9.17) is 10.5 Å². The van der Waals surface area contributed by atoms with E-state index in [2.05, 4.69) is 31.2 Å². The zero-order valence-corrected chi connectivity index (χ0v) is 51.3. The molecule has 1 saturated heterocycles. The minimum absolute atomic E-state index is 0.0232. The molecule has 10 rings (SSSR count). The normalized spacial score (nSPS) is 20.9. The molecule has 7 atom stereocenters. The number of aromatic amines is 1. The molecule has 3 aliphatic heterocycles. The lowest BCUT2D eigenvalue weighted by molar-refractivity contribution is -0.145. The second-order valence-electron chi connectivity index (χ2n) is 24.8. The molecule has 0 bridgehead atoms. The fourth-order valence-corrected chi connectivity index (χ4v) is 13.7. The number of aromatic nitrogens is 2. The molecule has 1 saturated carbocycles. The Labute approximate surface area is 512 Å². The Bertz CT molecular complexity index is 3720. The fourth-order valence-electron chi connectivity index (χ4n) is 12.4. The minimum Gasteiger partial charge on any atom is -0.391 e. The first-order valence-corrected chi connectivity index (χ1v) is 32.1.